The first-order valence-corrected chi connectivity index (χ1v) is 8.75. The molecule has 1 aliphatic heterocycles. The summed E-state index contributed by atoms with van der Waals surface area (Å²) in [5, 5.41) is 0. The summed E-state index contributed by atoms with van der Waals surface area (Å²) in [6.45, 7) is 0. The smallest absolute Gasteiger partial charge is 0.313 e. The van der Waals surface area contributed by atoms with Crippen LogP contribution in [0.2, 0.25) is 0 Å². The zero-order chi connectivity index (χ0) is 18.9. The van der Waals surface area contributed by atoms with E-state index in [1.807, 2.05) is 0 Å². The van der Waals surface area contributed by atoms with Gasteiger partial charge < -0.3 is 14.7 Å². The van der Waals surface area contributed by atoms with Gasteiger partial charge in [-0.25, -0.2) is 4.39 Å². The summed E-state index contributed by atoms with van der Waals surface area (Å²) in [6.07, 6.45) is -2.41. The molecule has 1 aliphatic rings. The number of ketones is 1. The number of benzene rings is 2. The molecule has 1 heterocycles. The minimum atomic E-state index is -4.22. The van der Waals surface area contributed by atoms with Gasteiger partial charge in [0.2, 0.25) is 17.4 Å². The van der Waals surface area contributed by atoms with Crippen LogP contribution < -0.4 is 5.73 Å². The molecule has 0 unspecified atom stereocenters. The molecule has 2 N–H and O–H groups in total. The van der Waals surface area contributed by atoms with E-state index < -0.39 is 45.2 Å². The second kappa shape index (κ2) is 6.56. The summed E-state index contributed by atoms with van der Waals surface area (Å²) in [7, 11) is -4.22. The maximum atomic E-state index is 13.4. The van der Waals surface area contributed by atoms with Gasteiger partial charge in [0.1, 0.15) is 11.6 Å². The molecule has 3 rings (SSSR count). The van der Waals surface area contributed by atoms with Crippen LogP contribution in [0.4, 0.5) is 4.39 Å². The molecule has 25 heavy (non-hydrogen) atoms. The quantitative estimate of drug-likeness (QED) is 0.817. The molecule has 2 aromatic rings. The van der Waals surface area contributed by atoms with Crippen LogP contribution in [0, 0.1) is 5.82 Å². The zero-order valence-electron chi connectivity index (χ0n) is 13.8. The minimum Gasteiger partial charge on any atom is -0.460 e. The van der Waals surface area contributed by atoms with E-state index in [0.717, 1.165) is 12.1 Å². The van der Waals surface area contributed by atoms with Crippen LogP contribution >= 0.6 is 0 Å². The molecular weight excluding hydrogens is 349 g/mol. The normalized spacial score (nSPS) is 21.0. The lowest BCUT2D eigenvalue weighted by Crippen LogP contribution is -2.16. The van der Waals surface area contributed by atoms with E-state index in [1.165, 1.54) is 12.1 Å². The molecule has 0 aromatic heterocycles. The van der Waals surface area contributed by atoms with Gasteiger partial charge in [0, 0.05) is 5.56 Å². The largest absolute Gasteiger partial charge is 0.460 e. The highest BCUT2D eigenvalue weighted by Gasteiger charge is 2.39. The van der Waals surface area contributed by atoms with Crippen molar-refractivity contribution in [3.8, 4) is 0 Å². The van der Waals surface area contributed by atoms with Crippen molar-refractivity contribution in [3.63, 3.8) is 0 Å². The Labute approximate surface area is 145 Å². The molecule has 0 fully saturated rings. The van der Waals surface area contributed by atoms with Crippen LogP contribution in [0.3, 0.4) is 0 Å². The Balaban J connectivity index is 1.85. The Kier molecular flexibility index (Phi) is 4.10. The maximum absolute atomic E-state index is 13.4. The van der Waals surface area contributed by atoms with Crippen LogP contribution in [0.5, 0.6) is 0 Å². The summed E-state index contributed by atoms with van der Waals surface area (Å²) in [5.74, 6) is -3.75. The number of carbonyl (C=O) groups excluding carboxylic acids is 1. The zero-order valence-corrected chi connectivity index (χ0v) is 13.6. The summed E-state index contributed by atoms with van der Waals surface area (Å²) >= 11 is 0. The molecule has 0 amide bonds. The van der Waals surface area contributed by atoms with Crippen LogP contribution in [0.1, 0.15) is 18.6 Å². The number of nitrogens with two attached hydrogens (primary N) is 1. The molecule has 2 aromatic carbocycles. The van der Waals surface area contributed by atoms with E-state index in [9.17, 15) is 17.6 Å². The standard InChI is InChI=1S/C17H14FNO5S/c18-13-8-4-7-12(9-13)15-14(20)16(17(19)23-15)24-25(21,22)10-11-5-2-1-3-6-11/h1-9,15H,10,19H2/t15-/m1/s1/i15D. The lowest BCUT2D eigenvalue weighted by atomic mass is 10.1. The first-order valence-electron chi connectivity index (χ1n) is 7.67. The number of carbonyl (C=O) groups is 1. The monoisotopic (exact) mass is 364 g/mol. The molecule has 0 saturated heterocycles. The van der Waals surface area contributed by atoms with Gasteiger partial charge in [-0.3, -0.25) is 4.79 Å². The fourth-order valence-electron chi connectivity index (χ4n) is 2.25. The van der Waals surface area contributed by atoms with E-state index in [-0.39, 0.29) is 5.56 Å². The van der Waals surface area contributed by atoms with Gasteiger partial charge in [0.15, 0.2) is 6.08 Å². The molecule has 130 valence electrons. The molecule has 0 radical (unpaired) electrons. The van der Waals surface area contributed by atoms with Gasteiger partial charge in [-0.05, 0) is 17.7 Å². The summed E-state index contributed by atoms with van der Waals surface area (Å²) in [5.41, 5.74) is 5.86. The third-order valence-electron chi connectivity index (χ3n) is 3.33. The maximum Gasteiger partial charge on any atom is 0.313 e. The third-order valence-corrected chi connectivity index (χ3v) is 4.44. The molecule has 8 heteroatoms. The van der Waals surface area contributed by atoms with Crippen molar-refractivity contribution >= 4 is 15.9 Å². The second-order valence-electron chi connectivity index (χ2n) is 5.23. The average Bonchev–Trinajstić information content (AvgIpc) is 2.79. The first kappa shape index (κ1) is 15.6. The van der Waals surface area contributed by atoms with Crippen molar-refractivity contribution in [2.45, 2.75) is 11.8 Å². The van der Waals surface area contributed by atoms with Crippen molar-refractivity contribution < 1.29 is 27.9 Å². The highest BCUT2D eigenvalue weighted by Crippen LogP contribution is 2.32. The van der Waals surface area contributed by atoms with Crippen molar-refractivity contribution in [1.29, 1.82) is 0 Å². The van der Waals surface area contributed by atoms with Crippen LogP contribution in [0.15, 0.2) is 66.2 Å². The van der Waals surface area contributed by atoms with Crippen molar-refractivity contribution in [3.05, 3.63) is 83.2 Å². The Bertz CT molecular complexity index is 993. The van der Waals surface area contributed by atoms with Gasteiger partial charge in [-0.15, -0.1) is 0 Å². The number of hydrogen-bond donors (Lipinski definition) is 1. The van der Waals surface area contributed by atoms with Crippen LogP contribution in [-0.2, 0) is 29.6 Å². The van der Waals surface area contributed by atoms with Crippen molar-refractivity contribution in [2.24, 2.45) is 5.73 Å². The fourth-order valence-corrected chi connectivity index (χ4v) is 3.32. The molecule has 0 saturated carbocycles. The van der Waals surface area contributed by atoms with Gasteiger partial charge in [-0.2, -0.15) is 8.42 Å². The highest BCUT2D eigenvalue weighted by atomic mass is 32.2. The number of ether oxygens (including phenoxy) is 1. The Morgan fingerprint density at radius 3 is 2.60 bits per heavy atom. The number of rotatable bonds is 5. The van der Waals surface area contributed by atoms with E-state index in [2.05, 4.69) is 0 Å². The molecular formula is C17H14FNO5S. The number of hydrogen-bond acceptors (Lipinski definition) is 6. The Morgan fingerprint density at radius 1 is 1.20 bits per heavy atom. The minimum absolute atomic E-state index is 0.135. The van der Waals surface area contributed by atoms with Crippen LogP contribution in [-0.4, -0.2) is 14.2 Å². The lowest BCUT2D eigenvalue weighted by Gasteiger charge is -2.09. The third kappa shape index (κ3) is 3.80. The molecule has 6 nitrogen and oxygen atoms in total. The molecule has 0 aliphatic carbocycles. The Morgan fingerprint density at radius 2 is 1.92 bits per heavy atom. The van der Waals surface area contributed by atoms with Crippen molar-refractivity contribution in [1.82, 2.24) is 0 Å². The molecule has 1 atom stereocenters. The van der Waals surface area contributed by atoms with E-state index in [1.54, 1.807) is 30.3 Å². The SMILES string of the molecule is [2H][C@]1(c2cccc(F)c2)OC(N)=C(OS(=O)(=O)Cc2ccccc2)C1=O. The van der Waals surface area contributed by atoms with Gasteiger partial charge in [-0.1, -0.05) is 42.5 Å². The topological polar surface area (TPSA) is 95.7 Å². The van der Waals surface area contributed by atoms with Gasteiger partial charge in [0.25, 0.3) is 0 Å². The van der Waals surface area contributed by atoms with Gasteiger partial charge >= 0.3 is 10.1 Å². The van der Waals surface area contributed by atoms with E-state index in [0.29, 0.717) is 5.56 Å². The van der Waals surface area contributed by atoms with Crippen LogP contribution in [0.25, 0.3) is 0 Å². The fraction of sp³-hybridized carbons (Fsp3) is 0.118. The molecule has 0 bridgehead atoms. The summed E-state index contributed by atoms with van der Waals surface area (Å²) in [6, 6.07) is 12.8. The first-order chi connectivity index (χ1) is 12.2. The average molecular weight is 364 g/mol. The number of halogens is 1. The lowest BCUT2D eigenvalue weighted by molar-refractivity contribution is -0.123. The van der Waals surface area contributed by atoms with Gasteiger partial charge in [0.05, 0.1) is 1.37 Å². The second-order valence-corrected chi connectivity index (χ2v) is 6.81. The van der Waals surface area contributed by atoms with E-state index >= 15 is 0 Å². The Hall–Kier alpha value is -2.87. The summed E-state index contributed by atoms with van der Waals surface area (Å²) in [4.78, 5) is 12.5. The predicted molar refractivity (Wildman–Crippen MR) is 86.6 cm³/mol. The predicted octanol–water partition coefficient (Wildman–Crippen LogP) is 2.14. The van der Waals surface area contributed by atoms with Crippen molar-refractivity contribution in [2.75, 3.05) is 0 Å². The summed E-state index contributed by atoms with van der Waals surface area (Å²) < 4.78 is 55.8. The number of Topliss-reactive ketones (excluding diaryl/α,β-unsaturated/α-hetero) is 1. The molecule has 0 spiro atoms. The van der Waals surface area contributed by atoms with E-state index in [4.69, 9.17) is 16.0 Å². The highest BCUT2D eigenvalue weighted by molar-refractivity contribution is 7.86.